The van der Waals surface area contributed by atoms with Crippen molar-refractivity contribution in [3.05, 3.63) is 29.6 Å². The molecule has 0 spiro atoms. The van der Waals surface area contributed by atoms with E-state index in [4.69, 9.17) is 0 Å². The van der Waals surface area contributed by atoms with Crippen LogP contribution in [0.15, 0.2) is 18.2 Å². The highest BCUT2D eigenvalue weighted by Crippen LogP contribution is 2.16. The fourth-order valence-corrected chi connectivity index (χ4v) is 2.09. The molecule has 1 N–H and O–H groups in total. The molecule has 0 amide bonds. The Morgan fingerprint density at radius 2 is 2.14 bits per heavy atom. The van der Waals surface area contributed by atoms with Crippen LogP contribution in [-0.4, -0.2) is 18.1 Å². The van der Waals surface area contributed by atoms with E-state index in [-0.39, 0.29) is 0 Å². The molecule has 0 atom stereocenters. The number of aromatic nitrogens is 1. The Hall–Kier alpha value is -0.890. The Morgan fingerprint density at radius 3 is 2.86 bits per heavy atom. The fraction of sp³-hybridized carbons (Fsp3) is 0.583. The third-order valence-corrected chi connectivity index (χ3v) is 2.90. The summed E-state index contributed by atoms with van der Waals surface area (Å²) in [7, 11) is 0. The van der Waals surface area contributed by atoms with Crippen LogP contribution in [0.2, 0.25) is 0 Å². The predicted octanol–water partition coefficient (Wildman–Crippen LogP) is 1.93. The maximum atomic E-state index is 4.55. The van der Waals surface area contributed by atoms with Gasteiger partial charge in [-0.25, -0.2) is 0 Å². The van der Waals surface area contributed by atoms with Crippen LogP contribution in [0.25, 0.3) is 0 Å². The second-order valence-electron chi connectivity index (χ2n) is 4.17. The zero-order chi connectivity index (χ0) is 9.80. The van der Waals surface area contributed by atoms with Gasteiger partial charge in [-0.2, -0.15) is 0 Å². The maximum Gasteiger partial charge on any atom is 0.0409 e. The summed E-state index contributed by atoms with van der Waals surface area (Å²) in [5, 5.41) is 3.39. The van der Waals surface area contributed by atoms with Gasteiger partial charge < -0.3 is 5.32 Å². The molecule has 2 heteroatoms. The summed E-state index contributed by atoms with van der Waals surface area (Å²) >= 11 is 0. The van der Waals surface area contributed by atoms with Crippen LogP contribution in [0.1, 0.15) is 24.2 Å². The molecular formula is C12H18N2. The predicted molar refractivity (Wildman–Crippen MR) is 58.3 cm³/mol. The highest BCUT2D eigenvalue weighted by atomic mass is 14.9. The van der Waals surface area contributed by atoms with Gasteiger partial charge >= 0.3 is 0 Å². The van der Waals surface area contributed by atoms with E-state index in [2.05, 4.69) is 35.4 Å². The van der Waals surface area contributed by atoms with Crippen molar-refractivity contribution >= 4 is 0 Å². The zero-order valence-electron chi connectivity index (χ0n) is 8.79. The summed E-state index contributed by atoms with van der Waals surface area (Å²) in [5.74, 6) is 0.838. The number of pyridine rings is 1. The number of aryl methyl sites for hydroxylation is 1. The lowest BCUT2D eigenvalue weighted by Crippen LogP contribution is -2.28. The molecule has 0 aliphatic carbocycles. The Labute approximate surface area is 85.7 Å². The van der Waals surface area contributed by atoms with E-state index in [1.54, 1.807) is 0 Å². The van der Waals surface area contributed by atoms with Gasteiger partial charge in [-0.1, -0.05) is 6.07 Å². The van der Waals surface area contributed by atoms with Crippen LogP contribution >= 0.6 is 0 Å². The van der Waals surface area contributed by atoms with Crippen molar-refractivity contribution in [1.29, 1.82) is 0 Å². The first-order valence-electron chi connectivity index (χ1n) is 5.48. The SMILES string of the molecule is Cc1cccc(CC2CCNCC2)n1. The van der Waals surface area contributed by atoms with Crippen LogP contribution in [0.4, 0.5) is 0 Å². The van der Waals surface area contributed by atoms with E-state index in [1.807, 2.05) is 0 Å². The van der Waals surface area contributed by atoms with Gasteiger partial charge in [-0.05, 0) is 57.3 Å². The number of hydrogen-bond donors (Lipinski definition) is 1. The van der Waals surface area contributed by atoms with E-state index in [0.29, 0.717) is 0 Å². The molecule has 0 unspecified atom stereocenters. The first-order valence-corrected chi connectivity index (χ1v) is 5.48. The van der Waals surface area contributed by atoms with Crippen molar-refractivity contribution in [1.82, 2.24) is 10.3 Å². The molecule has 1 fully saturated rings. The standard InChI is InChI=1S/C12H18N2/c1-10-3-2-4-12(14-10)9-11-5-7-13-8-6-11/h2-4,11,13H,5-9H2,1H3. The normalized spacial score (nSPS) is 18.4. The minimum absolute atomic E-state index is 0.838. The summed E-state index contributed by atoms with van der Waals surface area (Å²) in [6.07, 6.45) is 3.76. The minimum Gasteiger partial charge on any atom is -0.317 e. The van der Waals surface area contributed by atoms with Gasteiger partial charge in [-0.15, -0.1) is 0 Å². The number of rotatable bonds is 2. The summed E-state index contributed by atoms with van der Waals surface area (Å²) in [6, 6.07) is 6.32. The quantitative estimate of drug-likeness (QED) is 0.771. The van der Waals surface area contributed by atoms with Gasteiger partial charge in [0.2, 0.25) is 0 Å². The Bertz CT molecular complexity index is 290. The molecule has 0 aromatic carbocycles. The van der Waals surface area contributed by atoms with Crippen molar-refractivity contribution in [2.45, 2.75) is 26.2 Å². The number of piperidine rings is 1. The molecule has 1 aliphatic rings. The molecule has 0 bridgehead atoms. The fourth-order valence-electron chi connectivity index (χ4n) is 2.09. The van der Waals surface area contributed by atoms with Crippen LogP contribution < -0.4 is 5.32 Å². The Morgan fingerprint density at radius 1 is 1.36 bits per heavy atom. The van der Waals surface area contributed by atoms with Crippen LogP contribution in [0.5, 0.6) is 0 Å². The highest BCUT2D eigenvalue weighted by molar-refractivity contribution is 5.10. The summed E-state index contributed by atoms with van der Waals surface area (Å²) in [6.45, 7) is 4.42. The molecule has 0 radical (unpaired) electrons. The Kier molecular flexibility index (Phi) is 3.14. The van der Waals surface area contributed by atoms with E-state index in [1.165, 1.54) is 31.6 Å². The van der Waals surface area contributed by atoms with E-state index >= 15 is 0 Å². The number of nitrogens with one attached hydrogen (secondary N) is 1. The van der Waals surface area contributed by atoms with Crippen LogP contribution in [0, 0.1) is 12.8 Å². The maximum absolute atomic E-state index is 4.55. The molecule has 1 aromatic heterocycles. The topological polar surface area (TPSA) is 24.9 Å². The lowest BCUT2D eigenvalue weighted by Gasteiger charge is -2.22. The molecule has 1 aliphatic heterocycles. The van der Waals surface area contributed by atoms with Crippen molar-refractivity contribution < 1.29 is 0 Å². The third-order valence-electron chi connectivity index (χ3n) is 2.90. The minimum atomic E-state index is 0.838. The highest BCUT2D eigenvalue weighted by Gasteiger charge is 2.13. The summed E-state index contributed by atoms with van der Waals surface area (Å²) < 4.78 is 0. The average Bonchev–Trinajstić information content (AvgIpc) is 2.19. The molecule has 76 valence electrons. The average molecular weight is 190 g/mol. The molecule has 2 rings (SSSR count). The molecule has 1 aromatic rings. The van der Waals surface area contributed by atoms with Gasteiger partial charge in [0, 0.05) is 11.4 Å². The summed E-state index contributed by atoms with van der Waals surface area (Å²) in [4.78, 5) is 4.55. The lowest BCUT2D eigenvalue weighted by molar-refractivity contribution is 0.370. The number of nitrogens with zero attached hydrogens (tertiary/aromatic N) is 1. The third kappa shape index (κ3) is 2.55. The van der Waals surface area contributed by atoms with Crippen molar-refractivity contribution in [2.24, 2.45) is 5.92 Å². The molecular weight excluding hydrogens is 172 g/mol. The van der Waals surface area contributed by atoms with E-state index in [0.717, 1.165) is 18.0 Å². The number of hydrogen-bond acceptors (Lipinski definition) is 2. The van der Waals surface area contributed by atoms with Gasteiger partial charge in [-0.3, -0.25) is 4.98 Å². The van der Waals surface area contributed by atoms with E-state index < -0.39 is 0 Å². The largest absolute Gasteiger partial charge is 0.317 e. The second kappa shape index (κ2) is 4.56. The molecule has 2 heterocycles. The molecule has 0 saturated carbocycles. The molecule has 1 saturated heterocycles. The zero-order valence-corrected chi connectivity index (χ0v) is 8.79. The van der Waals surface area contributed by atoms with E-state index in [9.17, 15) is 0 Å². The van der Waals surface area contributed by atoms with Crippen molar-refractivity contribution in [2.75, 3.05) is 13.1 Å². The first kappa shape index (κ1) is 9.66. The van der Waals surface area contributed by atoms with Crippen LogP contribution in [-0.2, 0) is 6.42 Å². The smallest absolute Gasteiger partial charge is 0.0409 e. The monoisotopic (exact) mass is 190 g/mol. The van der Waals surface area contributed by atoms with Crippen molar-refractivity contribution in [3.8, 4) is 0 Å². The van der Waals surface area contributed by atoms with Gasteiger partial charge in [0.05, 0.1) is 0 Å². The summed E-state index contributed by atoms with van der Waals surface area (Å²) in [5.41, 5.74) is 2.40. The second-order valence-corrected chi connectivity index (χ2v) is 4.17. The first-order chi connectivity index (χ1) is 6.84. The van der Waals surface area contributed by atoms with Gasteiger partial charge in [0.1, 0.15) is 0 Å². The Balaban J connectivity index is 1.95. The van der Waals surface area contributed by atoms with Gasteiger partial charge in [0.25, 0.3) is 0 Å². The van der Waals surface area contributed by atoms with Gasteiger partial charge in [0.15, 0.2) is 0 Å². The van der Waals surface area contributed by atoms with Crippen molar-refractivity contribution in [3.63, 3.8) is 0 Å². The lowest BCUT2D eigenvalue weighted by atomic mass is 9.93. The van der Waals surface area contributed by atoms with Crippen LogP contribution in [0.3, 0.4) is 0 Å². The molecule has 2 nitrogen and oxygen atoms in total. The molecule has 14 heavy (non-hydrogen) atoms.